The first-order chi connectivity index (χ1) is 12.0. The molecule has 0 atom stereocenters. The van der Waals surface area contributed by atoms with Gasteiger partial charge < -0.3 is 10.6 Å². The van der Waals surface area contributed by atoms with E-state index in [9.17, 15) is 9.18 Å². The number of anilines is 3. The molecule has 0 radical (unpaired) electrons. The van der Waals surface area contributed by atoms with Gasteiger partial charge in [-0.05, 0) is 54.6 Å². The van der Waals surface area contributed by atoms with E-state index >= 15 is 0 Å². The third-order valence-electron chi connectivity index (χ3n) is 3.34. The van der Waals surface area contributed by atoms with Gasteiger partial charge in [0.25, 0.3) is 5.91 Å². The van der Waals surface area contributed by atoms with Crippen LogP contribution in [0.25, 0.3) is 0 Å². The van der Waals surface area contributed by atoms with Gasteiger partial charge in [0, 0.05) is 22.0 Å². The highest BCUT2D eigenvalue weighted by molar-refractivity contribution is 9.10. The largest absolute Gasteiger partial charge is 0.340 e. The van der Waals surface area contributed by atoms with Gasteiger partial charge in [0.2, 0.25) is 0 Å². The summed E-state index contributed by atoms with van der Waals surface area (Å²) in [6.45, 7) is 0. The smallest absolute Gasteiger partial charge is 0.259 e. The van der Waals surface area contributed by atoms with Gasteiger partial charge in [0.15, 0.2) is 0 Å². The first kappa shape index (κ1) is 17.4. The number of carbonyl (C=O) groups is 1. The van der Waals surface area contributed by atoms with E-state index in [0.29, 0.717) is 17.1 Å². The molecule has 0 aliphatic carbocycles. The van der Waals surface area contributed by atoms with Gasteiger partial charge in [0.1, 0.15) is 11.6 Å². The zero-order chi connectivity index (χ0) is 17.8. The fourth-order valence-corrected chi connectivity index (χ4v) is 2.58. The monoisotopic (exact) mass is 419 g/mol. The number of pyridine rings is 1. The van der Waals surface area contributed by atoms with Crippen molar-refractivity contribution in [3.63, 3.8) is 0 Å². The van der Waals surface area contributed by atoms with Crippen molar-refractivity contribution in [1.82, 2.24) is 4.98 Å². The number of nitrogens with zero attached hydrogens (tertiary/aromatic N) is 1. The molecule has 0 bridgehead atoms. The second-order valence-corrected chi connectivity index (χ2v) is 6.44. The lowest BCUT2D eigenvalue weighted by Gasteiger charge is -2.11. The molecule has 0 spiro atoms. The molecule has 3 aromatic rings. The topological polar surface area (TPSA) is 54.0 Å². The third-order valence-corrected chi connectivity index (χ3v) is 4.16. The van der Waals surface area contributed by atoms with Crippen molar-refractivity contribution in [1.29, 1.82) is 0 Å². The number of carbonyl (C=O) groups excluding carboxylic acids is 1. The number of nitrogens with one attached hydrogen (secondary N) is 2. The minimum atomic E-state index is -0.543. The van der Waals surface area contributed by atoms with E-state index in [1.165, 1.54) is 18.2 Å². The number of benzene rings is 2. The van der Waals surface area contributed by atoms with Crippen LogP contribution in [0.15, 0.2) is 65.3 Å². The Bertz CT molecular complexity index is 918. The maximum Gasteiger partial charge on any atom is 0.259 e. The predicted molar refractivity (Wildman–Crippen MR) is 101 cm³/mol. The normalized spacial score (nSPS) is 10.4. The van der Waals surface area contributed by atoms with E-state index in [0.717, 1.165) is 10.2 Å². The fraction of sp³-hybridized carbons (Fsp3) is 0. The van der Waals surface area contributed by atoms with Gasteiger partial charge in [-0.1, -0.05) is 27.5 Å². The van der Waals surface area contributed by atoms with Crippen molar-refractivity contribution in [3.8, 4) is 0 Å². The van der Waals surface area contributed by atoms with Crippen LogP contribution in [-0.4, -0.2) is 10.9 Å². The van der Waals surface area contributed by atoms with E-state index < -0.39 is 5.82 Å². The van der Waals surface area contributed by atoms with Crippen molar-refractivity contribution >= 4 is 50.6 Å². The van der Waals surface area contributed by atoms with Gasteiger partial charge in [-0.25, -0.2) is 9.37 Å². The highest BCUT2D eigenvalue weighted by Gasteiger charge is 2.13. The Balaban J connectivity index is 1.82. The molecule has 126 valence electrons. The van der Waals surface area contributed by atoms with Crippen molar-refractivity contribution in [3.05, 3.63) is 81.7 Å². The molecular weight excluding hydrogens is 409 g/mol. The van der Waals surface area contributed by atoms with Crippen LogP contribution in [0.4, 0.5) is 21.6 Å². The SMILES string of the molecule is O=C(Nc1ccc(F)c(Cl)c1)c1cccnc1Nc1ccc(Br)cc1. The Morgan fingerprint density at radius 3 is 2.52 bits per heavy atom. The van der Waals surface area contributed by atoms with Crippen LogP contribution in [-0.2, 0) is 0 Å². The summed E-state index contributed by atoms with van der Waals surface area (Å²) in [5.41, 5.74) is 1.54. The van der Waals surface area contributed by atoms with E-state index in [2.05, 4.69) is 31.5 Å². The Morgan fingerprint density at radius 1 is 1.08 bits per heavy atom. The summed E-state index contributed by atoms with van der Waals surface area (Å²) in [6.07, 6.45) is 1.59. The van der Waals surface area contributed by atoms with Crippen LogP contribution >= 0.6 is 27.5 Å². The Labute approximate surface area is 157 Å². The van der Waals surface area contributed by atoms with E-state index in [1.54, 1.807) is 18.3 Å². The Hall–Kier alpha value is -2.44. The highest BCUT2D eigenvalue weighted by Crippen LogP contribution is 2.23. The predicted octanol–water partition coefficient (Wildman–Crippen LogP) is 5.63. The van der Waals surface area contributed by atoms with Crippen LogP contribution in [0.5, 0.6) is 0 Å². The number of amides is 1. The number of aromatic nitrogens is 1. The number of hydrogen-bond donors (Lipinski definition) is 2. The minimum absolute atomic E-state index is 0.0582. The summed E-state index contributed by atoms with van der Waals surface area (Å²) in [7, 11) is 0. The van der Waals surface area contributed by atoms with E-state index in [4.69, 9.17) is 11.6 Å². The second kappa shape index (κ2) is 7.63. The van der Waals surface area contributed by atoms with Crippen molar-refractivity contribution in [2.45, 2.75) is 0 Å². The van der Waals surface area contributed by atoms with Gasteiger partial charge in [-0.2, -0.15) is 0 Å². The average molecular weight is 421 g/mol. The van der Waals surface area contributed by atoms with Crippen LogP contribution in [0, 0.1) is 5.82 Å². The van der Waals surface area contributed by atoms with E-state index in [-0.39, 0.29) is 10.9 Å². The van der Waals surface area contributed by atoms with Gasteiger partial charge >= 0.3 is 0 Å². The van der Waals surface area contributed by atoms with Crippen LogP contribution in [0.3, 0.4) is 0 Å². The van der Waals surface area contributed by atoms with Gasteiger partial charge in [-0.15, -0.1) is 0 Å². The van der Waals surface area contributed by atoms with Gasteiger partial charge in [-0.3, -0.25) is 4.79 Å². The van der Waals surface area contributed by atoms with Crippen molar-refractivity contribution in [2.24, 2.45) is 0 Å². The zero-order valence-corrected chi connectivity index (χ0v) is 15.1. The van der Waals surface area contributed by atoms with Crippen molar-refractivity contribution in [2.75, 3.05) is 10.6 Å². The van der Waals surface area contributed by atoms with Crippen LogP contribution in [0.2, 0.25) is 5.02 Å². The number of halogens is 3. The summed E-state index contributed by atoms with van der Waals surface area (Å²) >= 11 is 9.11. The van der Waals surface area contributed by atoms with E-state index in [1.807, 2.05) is 24.3 Å². The van der Waals surface area contributed by atoms with Crippen LogP contribution < -0.4 is 10.6 Å². The molecule has 4 nitrogen and oxygen atoms in total. The summed E-state index contributed by atoms with van der Waals surface area (Å²) < 4.78 is 14.2. The average Bonchev–Trinajstić information content (AvgIpc) is 2.60. The summed E-state index contributed by atoms with van der Waals surface area (Å²) in [5.74, 6) is -0.510. The standard InChI is InChI=1S/C18H12BrClFN3O/c19-11-3-5-12(6-4-11)23-17-14(2-1-9-22-17)18(25)24-13-7-8-16(21)15(20)10-13/h1-10H,(H,22,23)(H,24,25). The van der Waals surface area contributed by atoms with Crippen molar-refractivity contribution < 1.29 is 9.18 Å². The molecular formula is C18H12BrClFN3O. The first-order valence-corrected chi connectivity index (χ1v) is 8.44. The van der Waals surface area contributed by atoms with Gasteiger partial charge in [0.05, 0.1) is 10.6 Å². The maximum atomic E-state index is 13.2. The minimum Gasteiger partial charge on any atom is -0.340 e. The second-order valence-electron chi connectivity index (χ2n) is 5.11. The lowest BCUT2D eigenvalue weighted by Crippen LogP contribution is -2.14. The molecule has 0 saturated carbocycles. The molecule has 25 heavy (non-hydrogen) atoms. The molecule has 3 rings (SSSR count). The lowest BCUT2D eigenvalue weighted by atomic mass is 10.2. The highest BCUT2D eigenvalue weighted by atomic mass is 79.9. The number of hydrogen-bond acceptors (Lipinski definition) is 3. The molecule has 7 heteroatoms. The maximum absolute atomic E-state index is 13.2. The third kappa shape index (κ3) is 4.35. The molecule has 0 aliphatic heterocycles. The molecule has 1 amide bonds. The summed E-state index contributed by atoms with van der Waals surface area (Å²) in [6, 6.07) is 14.8. The fourth-order valence-electron chi connectivity index (χ4n) is 2.13. The molecule has 0 fully saturated rings. The lowest BCUT2D eigenvalue weighted by molar-refractivity contribution is 0.102. The quantitative estimate of drug-likeness (QED) is 0.575. The summed E-state index contributed by atoms with van der Waals surface area (Å²) in [5, 5.41) is 5.73. The molecule has 2 N–H and O–H groups in total. The first-order valence-electron chi connectivity index (χ1n) is 7.27. The summed E-state index contributed by atoms with van der Waals surface area (Å²) in [4.78, 5) is 16.8. The number of rotatable bonds is 4. The molecule has 2 aromatic carbocycles. The molecule has 0 saturated heterocycles. The van der Waals surface area contributed by atoms with Crippen LogP contribution in [0.1, 0.15) is 10.4 Å². The Morgan fingerprint density at radius 2 is 1.80 bits per heavy atom. The molecule has 1 aromatic heterocycles. The molecule has 1 heterocycles. The molecule has 0 aliphatic rings. The Kier molecular flexibility index (Phi) is 5.31. The molecule has 0 unspecified atom stereocenters. The zero-order valence-electron chi connectivity index (χ0n) is 12.8.